The molecule has 1 aliphatic heterocycles. The van der Waals surface area contributed by atoms with Gasteiger partial charge in [0.05, 0.1) is 12.7 Å². The number of hydrogen-bond acceptors (Lipinski definition) is 4. The first-order chi connectivity index (χ1) is 8.15. The standard InChI is InChI=1S/C13H28N2O2/c1-4-11(2)14-12-5-7-15(8-6-12)9-13(16)10-17-3/h11-14,16H,4-10H2,1-3H3. The smallest absolute Gasteiger partial charge is 0.0900 e. The molecule has 1 heterocycles. The van der Waals surface area contributed by atoms with Gasteiger partial charge in [-0.2, -0.15) is 0 Å². The first kappa shape index (κ1) is 14.9. The van der Waals surface area contributed by atoms with Gasteiger partial charge in [0, 0.05) is 25.7 Å². The lowest BCUT2D eigenvalue weighted by molar-refractivity contribution is 0.0308. The maximum atomic E-state index is 9.67. The first-order valence-electron chi connectivity index (χ1n) is 6.81. The molecule has 2 N–H and O–H groups in total. The average molecular weight is 244 g/mol. The Bertz CT molecular complexity index is 194. The summed E-state index contributed by atoms with van der Waals surface area (Å²) in [5.41, 5.74) is 0. The number of methoxy groups -OCH3 is 1. The molecule has 0 spiro atoms. The van der Waals surface area contributed by atoms with Crippen LogP contribution in [0.15, 0.2) is 0 Å². The number of likely N-dealkylation sites (tertiary alicyclic amines) is 1. The summed E-state index contributed by atoms with van der Waals surface area (Å²) in [4.78, 5) is 2.33. The van der Waals surface area contributed by atoms with E-state index in [4.69, 9.17) is 4.74 Å². The molecule has 4 heteroatoms. The molecule has 2 atom stereocenters. The highest BCUT2D eigenvalue weighted by Crippen LogP contribution is 2.12. The zero-order chi connectivity index (χ0) is 12.7. The van der Waals surface area contributed by atoms with Crippen molar-refractivity contribution in [3.05, 3.63) is 0 Å². The molecule has 102 valence electrons. The van der Waals surface area contributed by atoms with Crippen LogP contribution < -0.4 is 5.32 Å². The number of nitrogens with one attached hydrogen (secondary N) is 1. The van der Waals surface area contributed by atoms with E-state index in [1.807, 2.05) is 0 Å². The van der Waals surface area contributed by atoms with E-state index >= 15 is 0 Å². The van der Waals surface area contributed by atoms with Crippen LogP contribution >= 0.6 is 0 Å². The van der Waals surface area contributed by atoms with Crippen molar-refractivity contribution in [3.63, 3.8) is 0 Å². The molecule has 0 aliphatic carbocycles. The van der Waals surface area contributed by atoms with Crippen molar-refractivity contribution in [1.82, 2.24) is 10.2 Å². The Hall–Kier alpha value is -0.160. The van der Waals surface area contributed by atoms with E-state index < -0.39 is 0 Å². The summed E-state index contributed by atoms with van der Waals surface area (Å²) in [7, 11) is 1.63. The predicted octanol–water partition coefficient (Wildman–Crippen LogP) is 0.846. The van der Waals surface area contributed by atoms with Gasteiger partial charge < -0.3 is 20.1 Å². The summed E-state index contributed by atoms with van der Waals surface area (Å²) in [6.07, 6.45) is 3.21. The summed E-state index contributed by atoms with van der Waals surface area (Å²) in [6.45, 7) is 7.79. The highest BCUT2D eigenvalue weighted by molar-refractivity contribution is 4.80. The Morgan fingerprint density at radius 1 is 1.41 bits per heavy atom. The molecule has 1 fully saturated rings. The van der Waals surface area contributed by atoms with E-state index in [2.05, 4.69) is 24.1 Å². The zero-order valence-corrected chi connectivity index (χ0v) is 11.5. The fourth-order valence-electron chi connectivity index (χ4n) is 2.35. The quantitative estimate of drug-likeness (QED) is 0.697. The Balaban J connectivity index is 2.17. The molecular formula is C13H28N2O2. The van der Waals surface area contributed by atoms with Crippen LogP contribution in [0.5, 0.6) is 0 Å². The molecule has 1 aliphatic rings. The number of piperidine rings is 1. The second kappa shape index (κ2) is 8.03. The minimum atomic E-state index is -0.348. The third-order valence-electron chi connectivity index (χ3n) is 3.55. The van der Waals surface area contributed by atoms with E-state index in [1.165, 1.54) is 19.3 Å². The molecule has 1 rings (SSSR count). The lowest BCUT2D eigenvalue weighted by atomic mass is 10.0. The maximum absolute atomic E-state index is 9.67. The maximum Gasteiger partial charge on any atom is 0.0900 e. The van der Waals surface area contributed by atoms with Crippen molar-refractivity contribution in [2.75, 3.05) is 33.4 Å². The predicted molar refractivity (Wildman–Crippen MR) is 70.2 cm³/mol. The zero-order valence-electron chi connectivity index (χ0n) is 11.5. The Kier molecular flexibility index (Phi) is 7.04. The van der Waals surface area contributed by atoms with Crippen LogP contribution in [0.25, 0.3) is 0 Å². The summed E-state index contributed by atoms with van der Waals surface area (Å²) < 4.78 is 4.94. The van der Waals surface area contributed by atoms with Crippen LogP contribution in [-0.2, 0) is 4.74 Å². The number of aliphatic hydroxyl groups excluding tert-OH is 1. The molecule has 0 amide bonds. The van der Waals surface area contributed by atoms with E-state index in [0.29, 0.717) is 18.7 Å². The fourth-order valence-corrected chi connectivity index (χ4v) is 2.35. The third-order valence-corrected chi connectivity index (χ3v) is 3.55. The molecule has 0 bridgehead atoms. The Morgan fingerprint density at radius 2 is 2.06 bits per heavy atom. The van der Waals surface area contributed by atoms with Gasteiger partial charge in [-0.15, -0.1) is 0 Å². The summed E-state index contributed by atoms with van der Waals surface area (Å²) in [6, 6.07) is 1.27. The normalized spacial score (nSPS) is 22.6. The third kappa shape index (κ3) is 5.82. The molecule has 17 heavy (non-hydrogen) atoms. The van der Waals surface area contributed by atoms with Crippen LogP contribution in [0.4, 0.5) is 0 Å². The highest BCUT2D eigenvalue weighted by Gasteiger charge is 2.21. The number of ether oxygens (including phenoxy) is 1. The van der Waals surface area contributed by atoms with Crippen molar-refractivity contribution in [2.24, 2.45) is 0 Å². The van der Waals surface area contributed by atoms with Gasteiger partial charge in [0.15, 0.2) is 0 Å². The molecule has 0 aromatic carbocycles. The summed E-state index contributed by atoms with van der Waals surface area (Å²) >= 11 is 0. The second-order valence-electron chi connectivity index (χ2n) is 5.16. The van der Waals surface area contributed by atoms with Crippen LogP contribution in [0.1, 0.15) is 33.1 Å². The molecule has 0 saturated carbocycles. The van der Waals surface area contributed by atoms with Crippen molar-refractivity contribution < 1.29 is 9.84 Å². The minimum absolute atomic E-state index is 0.348. The number of aliphatic hydroxyl groups is 1. The average Bonchev–Trinajstić information content (AvgIpc) is 2.32. The molecular weight excluding hydrogens is 216 g/mol. The fraction of sp³-hybridized carbons (Fsp3) is 1.00. The molecule has 4 nitrogen and oxygen atoms in total. The van der Waals surface area contributed by atoms with Crippen molar-refractivity contribution in [1.29, 1.82) is 0 Å². The van der Waals surface area contributed by atoms with Crippen molar-refractivity contribution in [2.45, 2.75) is 51.3 Å². The topological polar surface area (TPSA) is 44.7 Å². The van der Waals surface area contributed by atoms with E-state index in [9.17, 15) is 5.11 Å². The van der Waals surface area contributed by atoms with Gasteiger partial charge in [0.1, 0.15) is 0 Å². The van der Waals surface area contributed by atoms with Crippen molar-refractivity contribution >= 4 is 0 Å². The van der Waals surface area contributed by atoms with Crippen LogP contribution in [0.3, 0.4) is 0 Å². The van der Waals surface area contributed by atoms with Gasteiger partial charge in [0.25, 0.3) is 0 Å². The van der Waals surface area contributed by atoms with Crippen LogP contribution in [-0.4, -0.2) is 61.5 Å². The molecule has 0 aromatic heterocycles. The Morgan fingerprint density at radius 3 is 2.59 bits per heavy atom. The van der Waals surface area contributed by atoms with Gasteiger partial charge in [-0.25, -0.2) is 0 Å². The van der Waals surface area contributed by atoms with Crippen LogP contribution in [0.2, 0.25) is 0 Å². The van der Waals surface area contributed by atoms with E-state index in [0.717, 1.165) is 19.6 Å². The molecule has 0 aromatic rings. The van der Waals surface area contributed by atoms with Gasteiger partial charge in [-0.1, -0.05) is 6.92 Å². The summed E-state index contributed by atoms with van der Waals surface area (Å²) in [5.74, 6) is 0. The second-order valence-corrected chi connectivity index (χ2v) is 5.16. The monoisotopic (exact) mass is 244 g/mol. The molecule has 0 radical (unpaired) electrons. The van der Waals surface area contributed by atoms with Gasteiger partial charge >= 0.3 is 0 Å². The number of hydrogen-bond donors (Lipinski definition) is 2. The van der Waals surface area contributed by atoms with E-state index in [1.54, 1.807) is 7.11 Å². The first-order valence-corrected chi connectivity index (χ1v) is 6.81. The van der Waals surface area contributed by atoms with E-state index in [-0.39, 0.29) is 6.10 Å². The van der Waals surface area contributed by atoms with Gasteiger partial charge in [0.2, 0.25) is 0 Å². The molecule has 1 saturated heterocycles. The largest absolute Gasteiger partial charge is 0.389 e. The Labute approximate surface area is 105 Å². The van der Waals surface area contributed by atoms with Crippen LogP contribution in [0, 0.1) is 0 Å². The van der Waals surface area contributed by atoms with Gasteiger partial charge in [-0.3, -0.25) is 0 Å². The lowest BCUT2D eigenvalue weighted by Crippen LogP contribution is -2.47. The number of rotatable bonds is 7. The minimum Gasteiger partial charge on any atom is -0.389 e. The molecule has 2 unspecified atom stereocenters. The lowest BCUT2D eigenvalue weighted by Gasteiger charge is -2.34. The summed E-state index contributed by atoms with van der Waals surface area (Å²) in [5, 5.41) is 13.3. The highest BCUT2D eigenvalue weighted by atomic mass is 16.5. The number of β-amino-alcohol motifs (C(OH)–C–C–N with tert-alkyl or cyclic N) is 1. The van der Waals surface area contributed by atoms with Crippen molar-refractivity contribution in [3.8, 4) is 0 Å². The number of nitrogens with zero attached hydrogens (tertiary/aromatic N) is 1. The van der Waals surface area contributed by atoms with Gasteiger partial charge in [-0.05, 0) is 39.3 Å². The SMILES string of the molecule is CCC(C)NC1CCN(CC(O)COC)CC1.